The van der Waals surface area contributed by atoms with Crippen molar-refractivity contribution >= 4 is 22.8 Å². The second-order valence-corrected chi connectivity index (χ2v) is 6.21. The number of carboxylic acids is 1. The lowest BCUT2D eigenvalue weighted by Crippen LogP contribution is -2.30. The molecule has 1 aliphatic rings. The highest BCUT2D eigenvalue weighted by molar-refractivity contribution is 5.83. The van der Waals surface area contributed by atoms with Crippen molar-refractivity contribution < 1.29 is 14.7 Å². The van der Waals surface area contributed by atoms with Crippen LogP contribution < -0.4 is 0 Å². The largest absolute Gasteiger partial charge is 0.481 e. The number of carbonyl (C=O) groups excluding carboxylic acids is 1. The fraction of sp³-hybridized carbons (Fsp3) is 0.389. The highest BCUT2D eigenvalue weighted by Crippen LogP contribution is 2.24. The summed E-state index contributed by atoms with van der Waals surface area (Å²) in [5, 5.41) is 10.2. The third-order valence-corrected chi connectivity index (χ3v) is 4.63. The van der Waals surface area contributed by atoms with Gasteiger partial charge in [0.2, 0.25) is 5.91 Å². The quantitative estimate of drug-likeness (QED) is 0.941. The van der Waals surface area contributed by atoms with Crippen molar-refractivity contribution in [1.82, 2.24) is 9.88 Å². The Morgan fingerprint density at radius 1 is 1.26 bits per heavy atom. The summed E-state index contributed by atoms with van der Waals surface area (Å²) < 4.78 is 0. The normalized spacial score (nSPS) is 20.8. The van der Waals surface area contributed by atoms with E-state index in [1.807, 2.05) is 37.3 Å². The van der Waals surface area contributed by atoms with Crippen LogP contribution in [0.1, 0.15) is 18.9 Å². The molecule has 0 bridgehead atoms. The Balaban J connectivity index is 1.66. The van der Waals surface area contributed by atoms with E-state index in [1.54, 1.807) is 11.1 Å². The number of rotatable bonds is 4. The first kappa shape index (κ1) is 15.5. The molecule has 1 aliphatic heterocycles. The summed E-state index contributed by atoms with van der Waals surface area (Å²) in [5.41, 5.74) is 2.03. The monoisotopic (exact) mass is 312 g/mol. The van der Waals surface area contributed by atoms with Gasteiger partial charge >= 0.3 is 5.97 Å². The first-order valence-electron chi connectivity index (χ1n) is 7.89. The Morgan fingerprint density at radius 2 is 2.04 bits per heavy atom. The van der Waals surface area contributed by atoms with Gasteiger partial charge in [-0.05, 0) is 30.0 Å². The fourth-order valence-corrected chi connectivity index (χ4v) is 3.26. The molecule has 1 aromatic heterocycles. The lowest BCUT2D eigenvalue weighted by molar-refractivity contribution is -0.142. The molecule has 23 heavy (non-hydrogen) atoms. The summed E-state index contributed by atoms with van der Waals surface area (Å²) in [6.45, 7) is 2.75. The molecule has 0 spiro atoms. The fourth-order valence-electron chi connectivity index (χ4n) is 3.26. The number of fused-ring (bicyclic) bond motifs is 1. The molecule has 120 valence electrons. The van der Waals surface area contributed by atoms with Gasteiger partial charge < -0.3 is 10.0 Å². The van der Waals surface area contributed by atoms with Gasteiger partial charge in [-0.1, -0.05) is 25.1 Å². The summed E-state index contributed by atoms with van der Waals surface area (Å²) in [5.74, 6) is -1.21. The lowest BCUT2D eigenvalue weighted by Gasteiger charge is -2.16. The Labute approximate surface area is 134 Å². The molecular formula is C18H20N2O3. The van der Waals surface area contributed by atoms with Crippen LogP contribution in [0.25, 0.3) is 10.9 Å². The van der Waals surface area contributed by atoms with Crippen LogP contribution in [0.4, 0.5) is 0 Å². The number of aryl methyl sites for hydroxylation is 1. The predicted molar refractivity (Wildman–Crippen MR) is 86.9 cm³/mol. The summed E-state index contributed by atoms with van der Waals surface area (Å²) in [6.07, 6.45) is 2.80. The van der Waals surface area contributed by atoms with E-state index in [2.05, 4.69) is 4.98 Å². The Kier molecular flexibility index (Phi) is 4.28. The van der Waals surface area contributed by atoms with Crippen molar-refractivity contribution in [3.8, 4) is 0 Å². The van der Waals surface area contributed by atoms with Gasteiger partial charge in [-0.2, -0.15) is 0 Å². The molecule has 2 atom stereocenters. The molecule has 5 nitrogen and oxygen atoms in total. The SMILES string of the molecule is C[C@@H]1CN(C(=O)CCc2ccnc3ccccc23)C[C@H]1C(=O)O. The van der Waals surface area contributed by atoms with Gasteiger partial charge in [0.15, 0.2) is 0 Å². The van der Waals surface area contributed by atoms with Crippen LogP contribution in [0.15, 0.2) is 36.5 Å². The van der Waals surface area contributed by atoms with Gasteiger partial charge in [-0.15, -0.1) is 0 Å². The number of nitrogens with zero attached hydrogens (tertiary/aromatic N) is 2. The van der Waals surface area contributed by atoms with Crippen molar-refractivity contribution in [1.29, 1.82) is 0 Å². The second kappa shape index (κ2) is 6.36. The third kappa shape index (κ3) is 3.18. The van der Waals surface area contributed by atoms with Crippen molar-refractivity contribution in [2.75, 3.05) is 13.1 Å². The number of carboxylic acid groups (broad SMARTS) is 1. The molecule has 1 N–H and O–H groups in total. The first-order valence-corrected chi connectivity index (χ1v) is 7.89. The molecule has 5 heteroatoms. The minimum Gasteiger partial charge on any atom is -0.481 e. The average Bonchev–Trinajstić information content (AvgIpc) is 2.95. The third-order valence-electron chi connectivity index (χ3n) is 4.63. The van der Waals surface area contributed by atoms with E-state index in [0.717, 1.165) is 16.5 Å². The molecule has 0 saturated carbocycles. The number of benzene rings is 1. The Morgan fingerprint density at radius 3 is 2.78 bits per heavy atom. The van der Waals surface area contributed by atoms with Gasteiger partial charge in [0.05, 0.1) is 11.4 Å². The highest BCUT2D eigenvalue weighted by atomic mass is 16.4. The Hall–Kier alpha value is -2.43. The predicted octanol–water partition coefficient (Wildman–Crippen LogP) is 2.35. The first-order chi connectivity index (χ1) is 11.1. The number of hydrogen-bond donors (Lipinski definition) is 1. The van der Waals surface area contributed by atoms with Gasteiger partial charge in [0.25, 0.3) is 0 Å². The summed E-state index contributed by atoms with van der Waals surface area (Å²) in [4.78, 5) is 29.6. The zero-order chi connectivity index (χ0) is 16.4. The highest BCUT2D eigenvalue weighted by Gasteiger charge is 2.36. The maximum Gasteiger partial charge on any atom is 0.308 e. The number of likely N-dealkylation sites (tertiary alicyclic amines) is 1. The number of aromatic nitrogens is 1. The van der Waals surface area contributed by atoms with E-state index < -0.39 is 11.9 Å². The standard InChI is InChI=1S/C18H20N2O3/c1-12-10-20(11-15(12)18(22)23)17(21)7-6-13-8-9-19-16-5-3-2-4-14(13)16/h2-5,8-9,12,15H,6-7,10-11H2,1H3,(H,22,23)/t12-,15-/m1/s1. The van der Waals surface area contributed by atoms with Gasteiger partial charge in [0, 0.05) is 31.1 Å². The maximum atomic E-state index is 12.4. The number of amides is 1. The Bertz CT molecular complexity index is 739. The van der Waals surface area contributed by atoms with Crippen molar-refractivity contribution in [3.05, 3.63) is 42.1 Å². The van der Waals surface area contributed by atoms with Crippen LogP contribution in [0.2, 0.25) is 0 Å². The number of pyridine rings is 1. The van der Waals surface area contributed by atoms with E-state index in [-0.39, 0.29) is 11.8 Å². The van der Waals surface area contributed by atoms with Crippen LogP contribution in [-0.2, 0) is 16.0 Å². The smallest absolute Gasteiger partial charge is 0.308 e. The topological polar surface area (TPSA) is 70.5 Å². The molecule has 0 radical (unpaired) electrons. The molecule has 1 amide bonds. The molecule has 3 rings (SSSR count). The van der Waals surface area contributed by atoms with E-state index in [4.69, 9.17) is 5.11 Å². The number of carbonyl (C=O) groups is 2. The molecule has 0 unspecified atom stereocenters. The van der Waals surface area contributed by atoms with Crippen LogP contribution in [0, 0.1) is 11.8 Å². The zero-order valence-corrected chi connectivity index (χ0v) is 13.1. The van der Waals surface area contributed by atoms with Crippen LogP contribution in [-0.4, -0.2) is 40.0 Å². The van der Waals surface area contributed by atoms with E-state index >= 15 is 0 Å². The number of aliphatic carboxylic acids is 1. The number of para-hydroxylation sites is 1. The summed E-state index contributed by atoms with van der Waals surface area (Å²) in [7, 11) is 0. The van der Waals surface area contributed by atoms with Crippen LogP contribution in [0.5, 0.6) is 0 Å². The van der Waals surface area contributed by atoms with Crippen molar-refractivity contribution in [3.63, 3.8) is 0 Å². The van der Waals surface area contributed by atoms with Crippen molar-refractivity contribution in [2.45, 2.75) is 19.8 Å². The van der Waals surface area contributed by atoms with Crippen molar-refractivity contribution in [2.24, 2.45) is 11.8 Å². The molecule has 1 saturated heterocycles. The second-order valence-electron chi connectivity index (χ2n) is 6.21. The molecule has 1 aromatic carbocycles. The van der Waals surface area contributed by atoms with Gasteiger partial charge in [-0.3, -0.25) is 14.6 Å². The van der Waals surface area contributed by atoms with E-state index in [9.17, 15) is 9.59 Å². The minimum atomic E-state index is -0.812. The molecule has 1 fully saturated rings. The summed E-state index contributed by atoms with van der Waals surface area (Å²) >= 11 is 0. The van der Waals surface area contributed by atoms with E-state index in [1.165, 1.54) is 0 Å². The van der Waals surface area contributed by atoms with Crippen LogP contribution in [0.3, 0.4) is 0 Å². The van der Waals surface area contributed by atoms with Crippen LogP contribution >= 0.6 is 0 Å². The minimum absolute atomic E-state index is 0.0122. The van der Waals surface area contributed by atoms with Gasteiger partial charge in [0.1, 0.15) is 0 Å². The molecule has 2 aromatic rings. The van der Waals surface area contributed by atoms with E-state index in [0.29, 0.717) is 25.9 Å². The number of hydrogen-bond acceptors (Lipinski definition) is 3. The maximum absolute atomic E-state index is 12.4. The lowest BCUT2D eigenvalue weighted by atomic mass is 9.99. The zero-order valence-electron chi connectivity index (χ0n) is 13.1. The molecule has 2 heterocycles. The molecule has 0 aliphatic carbocycles. The molecular weight excluding hydrogens is 292 g/mol. The van der Waals surface area contributed by atoms with Gasteiger partial charge in [-0.25, -0.2) is 0 Å². The summed E-state index contributed by atoms with van der Waals surface area (Å²) in [6, 6.07) is 9.83. The average molecular weight is 312 g/mol.